The van der Waals surface area contributed by atoms with Crippen LogP contribution in [0.4, 0.5) is 0 Å². The molecule has 116 valence electrons. The van der Waals surface area contributed by atoms with E-state index < -0.39 is 12.0 Å². The third-order valence-electron chi connectivity index (χ3n) is 3.83. The summed E-state index contributed by atoms with van der Waals surface area (Å²) in [6.45, 7) is 5.40. The van der Waals surface area contributed by atoms with Gasteiger partial charge in [0.2, 0.25) is 5.91 Å². The fraction of sp³-hybridized carbons (Fsp3) is 0.857. The van der Waals surface area contributed by atoms with E-state index in [-0.39, 0.29) is 24.5 Å². The van der Waals surface area contributed by atoms with Crippen molar-refractivity contribution in [3.8, 4) is 0 Å². The van der Waals surface area contributed by atoms with E-state index in [9.17, 15) is 14.7 Å². The number of hydrogen-bond acceptors (Lipinski definition) is 5. The molecule has 0 aromatic carbocycles. The van der Waals surface area contributed by atoms with Crippen molar-refractivity contribution >= 4 is 11.9 Å². The van der Waals surface area contributed by atoms with Crippen molar-refractivity contribution < 1.29 is 19.4 Å². The highest BCUT2D eigenvalue weighted by Crippen LogP contribution is 2.11. The standard InChI is InChI=1S/C14H26N2O4/c1-4-10(2)13(14(19)20-3)15-12(18)9-16-7-5-6-11(17)8-16/h10-11,13,17H,4-9H2,1-3H3,(H,15,18). The number of piperidine rings is 1. The zero-order valence-corrected chi connectivity index (χ0v) is 12.6. The van der Waals surface area contributed by atoms with E-state index in [0.29, 0.717) is 6.54 Å². The topological polar surface area (TPSA) is 78.9 Å². The molecule has 6 nitrogen and oxygen atoms in total. The SMILES string of the molecule is CCC(C)C(NC(=O)CN1CCCC(O)C1)C(=O)OC. The minimum absolute atomic E-state index is 0.0262. The van der Waals surface area contributed by atoms with Gasteiger partial charge >= 0.3 is 5.97 Å². The predicted octanol–water partition coefficient (Wildman–Crippen LogP) is 0.147. The molecule has 1 aliphatic heterocycles. The molecule has 1 aliphatic rings. The van der Waals surface area contributed by atoms with Gasteiger partial charge < -0.3 is 15.2 Å². The van der Waals surface area contributed by atoms with Gasteiger partial charge in [0, 0.05) is 6.54 Å². The minimum Gasteiger partial charge on any atom is -0.467 e. The molecule has 3 unspecified atom stereocenters. The van der Waals surface area contributed by atoms with Crippen molar-refractivity contribution in [3.63, 3.8) is 0 Å². The van der Waals surface area contributed by atoms with E-state index in [1.165, 1.54) is 7.11 Å². The maximum absolute atomic E-state index is 12.0. The van der Waals surface area contributed by atoms with E-state index in [1.54, 1.807) is 0 Å². The predicted molar refractivity (Wildman–Crippen MR) is 75.1 cm³/mol. The second kappa shape index (κ2) is 8.21. The van der Waals surface area contributed by atoms with Crippen molar-refractivity contribution in [2.24, 2.45) is 5.92 Å². The van der Waals surface area contributed by atoms with Crippen LogP contribution in [0.1, 0.15) is 33.1 Å². The Morgan fingerprint density at radius 1 is 1.50 bits per heavy atom. The summed E-state index contributed by atoms with van der Waals surface area (Å²) in [5.74, 6) is -0.584. The molecule has 1 heterocycles. The summed E-state index contributed by atoms with van der Waals surface area (Å²) in [6.07, 6.45) is 2.10. The molecule has 1 rings (SSSR count). The van der Waals surface area contributed by atoms with E-state index >= 15 is 0 Å². The van der Waals surface area contributed by atoms with Crippen LogP contribution < -0.4 is 5.32 Å². The van der Waals surface area contributed by atoms with Gasteiger partial charge in [-0.3, -0.25) is 9.69 Å². The average Bonchev–Trinajstić information content (AvgIpc) is 2.43. The summed E-state index contributed by atoms with van der Waals surface area (Å²) >= 11 is 0. The van der Waals surface area contributed by atoms with Gasteiger partial charge in [-0.05, 0) is 25.3 Å². The fourth-order valence-electron chi connectivity index (χ4n) is 2.39. The normalized spacial score (nSPS) is 22.9. The van der Waals surface area contributed by atoms with E-state index in [2.05, 4.69) is 5.32 Å². The first kappa shape index (κ1) is 16.9. The number of β-amino-alcohol motifs (C(OH)–C–C–N with tert-alkyl or cyclic N) is 1. The molecular formula is C14H26N2O4. The number of nitrogens with zero attached hydrogens (tertiary/aromatic N) is 1. The average molecular weight is 286 g/mol. The third kappa shape index (κ3) is 5.09. The number of ether oxygens (including phenoxy) is 1. The van der Waals surface area contributed by atoms with Gasteiger partial charge in [0.25, 0.3) is 0 Å². The minimum atomic E-state index is -0.604. The molecule has 0 saturated carbocycles. The van der Waals surface area contributed by atoms with Gasteiger partial charge in [-0.1, -0.05) is 20.3 Å². The lowest BCUT2D eigenvalue weighted by molar-refractivity contribution is -0.146. The molecule has 0 radical (unpaired) electrons. The number of carbonyl (C=O) groups is 2. The Bertz CT molecular complexity index is 335. The molecule has 3 atom stereocenters. The second-order valence-corrected chi connectivity index (χ2v) is 5.49. The number of esters is 1. The Morgan fingerprint density at radius 2 is 2.20 bits per heavy atom. The van der Waals surface area contributed by atoms with Gasteiger partial charge in [0.1, 0.15) is 6.04 Å². The van der Waals surface area contributed by atoms with Gasteiger partial charge in [0.05, 0.1) is 19.8 Å². The fourth-order valence-corrected chi connectivity index (χ4v) is 2.39. The first-order valence-corrected chi connectivity index (χ1v) is 7.25. The number of hydrogen-bond donors (Lipinski definition) is 2. The highest BCUT2D eigenvalue weighted by Gasteiger charge is 2.28. The van der Waals surface area contributed by atoms with Gasteiger partial charge in [-0.25, -0.2) is 4.79 Å². The van der Waals surface area contributed by atoms with Crippen LogP contribution in [0.25, 0.3) is 0 Å². The number of nitrogens with one attached hydrogen (secondary N) is 1. The smallest absolute Gasteiger partial charge is 0.328 e. The van der Waals surface area contributed by atoms with Crippen LogP contribution in [0, 0.1) is 5.92 Å². The Kier molecular flexibility index (Phi) is 6.95. The first-order valence-electron chi connectivity index (χ1n) is 7.25. The molecule has 1 saturated heterocycles. The van der Waals surface area contributed by atoms with Crippen LogP contribution in [0.2, 0.25) is 0 Å². The lowest BCUT2D eigenvalue weighted by Crippen LogP contribution is -2.50. The maximum Gasteiger partial charge on any atom is 0.328 e. The zero-order valence-electron chi connectivity index (χ0n) is 12.6. The van der Waals surface area contributed by atoms with Crippen LogP contribution in [0.15, 0.2) is 0 Å². The van der Waals surface area contributed by atoms with Crippen LogP contribution >= 0.6 is 0 Å². The number of methoxy groups -OCH3 is 1. The molecule has 0 aromatic rings. The first-order chi connectivity index (χ1) is 9.47. The van der Waals surface area contributed by atoms with Crippen LogP contribution in [0.3, 0.4) is 0 Å². The van der Waals surface area contributed by atoms with Crippen molar-refractivity contribution in [2.45, 2.75) is 45.3 Å². The Hall–Kier alpha value is -1.14. The molecule has 20 heavy (non-hydrogen) atoms. The van der Waals surface area contributed by atoms with Crippen LogP contribution in [0.5, 0.6) is 0 Å². The van der Waals surface area contributed by atoms with E-state index in [4.69, 9.17) is 4.74 Å². The number of aliphatic hydroxyl groups is 1. The summed E-state index contributed by atoms with van der Waals surface area (Å²) in [7, 11) is 1.32. The second-order valence-electron chi connectivity index (χ2n) is 5.49. The summed E-state index contributed by atoms with van der Waals surface area (Å²) in [5.41, 5.74) is 0. The van der Waals surface area contributed by atoms with Crippen molar-refractivity contribution in [1.29, 1.82) is 0 Å². The monoisotopic (exact) mass is 286 g/mol. The highest BCUT2D eigenvalue weighted by molar-refractivity contribution is 5.85. The largest absolute Gasteiger partial charge is 0.467 e. The van der Waals surface area contributed by atoms with Crippen molar-refractivity contribution in [2.75, 3.05) is 26.7 Å². The summed E-state index contributed by atoms with van der Waals surface area (Å²) in [4.78, 5) is 25.6. The molecule has 0 aromatic heterocycles. The Morgan fingerprint density at radius 3 is 2.75 bits per heavy atom. The molecule has 1 amide bonds. The molecule has 1 fully saturated rings. The van der Waals surface area contributed by atoms with Crippen molar-refractivity contribution in [3.05, 3.63) is 0 Å². The maximum atomic E-state index is 12.0. The summed E-state index contributed by atoms with van der Waals surface area (Å²) < 4.78 is 4.74. The molecule has 6 heteroatoms. The molecule has 0 spiro atoms. The van der Waals surface area contributed by atoms with Gasteiger partial charge in [-0.15, -0.1) is 0 Å². The molecule has 2 N–H and O–H groups in total. The number of likely N-dealkylation sites (tertiary alicyclic amines) is 1. The molecule has 0 bridgehead atoms. The van der Waals surface area contributed by atoms with Gasteiger partial charge in [-0.2, -0.15) is 0 Å². The molecule has 0 aliphatic carbocycles. The quantitative estimate of drug-likeness (QED) is 0.679. The summed E-state index contributed by atoms with van der Waals surface area (Å²) in [5, 5.41) is 12.3. The Labute approximate surface area is 120 Å². The van der Waals surface area contributed by atoms with Crippen molar-refractivity contribution in [1.82, 2.24) is 10.2 Å². The lowest BCUT2D eigenvalue weighted by Gasteiger charge is -2.30. The summed E-state index contributed by atoms with van der Waals surface area (Å²) in [6, 6.07) is -0.604. The number of carbonyl (C=O) groups excluding carboxylic acids is 2. The van der Waals surface area contributed by atoms with E-state index in [1.807, 2.05) is 18.7 Å². The van der Waals surface area contributed by atoms with Gasteiger partial charge in [0.15, 0.2) is 0 Å². The lowest BCUT2D eigenvalue weighted by atomic mass is 9.99. The Balaban J connectivity index is 2.50. The zero-order chi connectivity index (χ0) is 15.1. The number of rotatable bonds is 6. The van der Waals surface area contributed by atoms with Crippen LogP contribution in [-0.2, 0) is 14.3 Å². The van der Waals surface area contributed by atoms with Crippen LogP contribution in [-0.4, -0.2) is 60.8 Å². The highest BCUT2D eigenvalue weighted by atomic mass is 16.5. The third-order valence-corrected chi connectivity index (χ3v) is 3.83. The molecular weight excluding hydrogens is 260 g/mol. The number of amides is 1. The number of aliphatic hydroxyl groups excluding tert-OH is 1. The van der Waals surface area contributed by atoms with E-state index in [0.717, 1.165) is 25.8 Å².